The average molecular weight is 374 g/mol. The summed E-state index contributed by atoms with van der Waals surface area (Å²) in [5.41, 5.74) is 4.75. The molecule has 2 N–H and O–H groups in total. The van der Waals surface area contributed by atoms with Crippen molar-refractivity contribution in [1.82, 2.24) is 24.6 Å². The molecule has 0 saturated carbocycles. The van der Waals surface area contributed by atoms with Gasteiger partial charge < -0.3 is 15.2 Å². The Labute approximate surface area is 163 Å². The number of rotatable bonds is 5. The van der Waals surface area contributed by atoms with Crippen molar-refractivity contribution in [3.63, 3.8) is 0 Å². The van der Waals surface area contributed by atoms with Crippen LogP contribution in [0.2, 0.25) is 0 Å². The molecule has 0 aliphatic heterocycles. The van der Waals surface area contributed by atoms with E-state index in [9.17, 15) is 4.79 Å². The molecule has 0 saturated heterocycles. The fourth-order valence-electron chi connectivity index (χ4n) is 3.25. The van der Waals surface area contributed by atoms with Crippen molar-refractivity contribution in [2.45, 2.75) is 6.92 Å². The lowest BCUT2D eigenvalue weighted by Gasteiger charge is -2.08. The van der Waals surface area contributed by atoms with Gasteiger partial charge in [-0.3, -0.25) is 9.48 Å². The topological polar surface area (TPSA) is 76.8 Å². The van der Waals surface area contributed by atoms with E-state index in [1.54, 1.807) is 16.8 Å². The van der Waals surface area contributed by atoms with E-state index in [1.165, 1.54) is 0 Å². The first-order valence-corrected chi connectivity index (χ1v) is 9.15. The van der Waals surface area contributed by atoms with Crippen molar-refractivity contribution in [1.29, 1.82) is 0 Å². The van der Waals surface area contributed by atoms with Crippen molar-refractivity contribution in [3.8, 4) is 11.3 Å². The predicted octanol–water partition coefficient (Wildman–Crippen LogP) is 3.47. The van der Waals surface area contributed by atoms with Gasteiger partial charge in [-0.05, 0) is 37.3 Å². The third kappa shape index (κ3) is 3.34. The first kappa shape index (κ1) is 17.8. The summed E-state index contributed by atoms with van der Waals surface area (Å²) >= 11 is 0. The van der Waals surface area contributed by atoms with Gasteiger partial charge in [0, 0.05) is 61.3 Å². The van der Waals surface area contributed by atoms with E-state index >= 15 is 0 Å². The average Bonchev–Trinajstić information content (AvgIpc) is 3.26. The Morgan fingerprint density at radius 3 is 2.57 bits per heavy atom. The monoisotopic (exact) mass is 374 g/mol. The molecule has 7 nitrogen and oxygen atoms in total. The van der Waals surface area contributed by atoms with E-state index in [-0.39, 0.29) is 5.91 Å². The summed E-state index contributed by atoms with van der Waals surface area (Å²) in [4.78, 5) is 16.4. The maximum absolute atomic E-state index is 11.9. The molecule has 142 valence electrons. The highest BCUT2D eigenvalue weighted by molar-refractivity contribution is 5.94. The van der Waals surface area contributed by atoms with Crippen LogP contribution in [-0.2, 0) is 14.1 Å². The second-order valence-corrected chi connectivity index (χ2v) is 6.68. The van der Waals surface area contributed by atoms with Crippen LogP contribution in [0.3, 0.4) is 0 Å². The van der Waals surface area contributed by atoms with E-state index in [4.69, 9.17) is 0 Å². The number of carbonyl (C=O) groups excluding carboxylic acids is 1. The first-order chi connectivity index (χ1) is 13.5. The molecule has 3 heterocycles. The van der Waals surface area contributed by atoms with E-state index < -0.39 is 0 Å². The van der Waals surface area contributed by atoms with Crippen LogP contribution in [0.1, 0.15) is 17.3 Å². The van der Waals surface area contributed by atoms with Crippen LogP contribution < -0.4 is 10.6 Å². The van der Waals surface area contributed by atoms with Gasteiger partial charge in [0.1, 0.15) is 5.82 Å². The van der Waals surface area contributed by atoms with Crippen LogP contribution in [0, 0.1) is 0 Å². The van der Waals surface area contributed by atoms with Gasteiger partial charge in [0.25, 0.3) is 5.91 Å². The maximum Gasteiger partial charge on any atom is 0.251 e. The predicted molar refractivity (Wildman–Crippen MR) is 111 cm³/mol. The summed E-state index contributed by atoms with van der Waals surface area (Å²) in [5.74, 6) is 0.678. The van der Waals surface area contributed by atoms with Crippen molar-refractivity contribution in [2.24, 2.45) is 14.1 Å². The van der Waals surface area contributed by atoms with Gasteiger partial charge >= 0.3 is 0 Å². The number of benzene rings is 1. The Morgan fingerprint density at radius 2 is 1.89 bits per heavy atom. The molecule has 0 fully saturated rings. The molecule has 4 aromatic rings. The summed E-state index contributed by atoms with van der Waals surface area (Å²) in [6.07, 6.45) is 5.72. The lowest BCUT2D eigenvalue weighted by Crippen LogP contribution is -2.22. The Balaban J connectivity index is 1.59. The van der Waals surface area contributed by atoms with Crippen LogP contribution in [-0.4, -0.2) is 31.8 Å². The Morgan fingerprint density at radius 1 is 1.11 bits per heavy atom. The quantitative estimate of drug-likeness (QED) is 0.561. The van der Waals surface area contributed by atoms with E-state index in [1.807, 2.05) is 57.8 Å². The summed E-state index contributed by atoms with van der Waals surface area (Å²) in [6, 6.07) is 11.5. The Hall–Kier alpha value is -3.61. The zero-order valence-corrected chi connectivity index (χ0v) is 16.1. The van der Waals surface area contributed by atoms with E-state index in [0.29, 0.717) is 12.1 Å². The first-order valence-electron chi connectivity index (χ1n) is 9.15. The second kappa shape index (κ2) is 7.19. The highest BCUT2D eigenvalue weighted by Gasteiger charge is 2.11. The highest BCUT2D eigenvalue weighted by Crippen LogP contribution is 2.28. The van der Waals surface area contributed by atoms with Gasteiger partial charge in [-0.15, -0.1) is 0 Å². The van der Waals surface area contributed by atoms with Crippen LogP contribution in [0.15, 0.2) is 55.0 Å². The summed E-state index contributed by atoms with van der Waals surface area (Å²) in [6.45, 7) is 2.51. The van der Waals surface area contributed by atoms with Crippen LogP contribution >= 0.6 is 0 Å². The Bertz CT molecular complexity index is 1140. The number of aromatic nitrogens is 4. The lowest BCUT2D eigenvalue weighted by molar-refractivity contribution is 0.0956. The Kier molecular flexibility index (Phi) is 4.57. The summed E-state index contributed by atoms with van der Waals surface area (Å²) in [5, 5.41) is 11.4. The minimum atomic E-state index is -0.0691. The summed E-state index contributed by atoms with van der Waals surface area (Å²) < 4.78 is 3.93. The molecule has 0 bridgehead atoms. The van der Waals surface area contributed by atoms with Crippen molar-refractivity contribution < 1.29 is 4.79 Å². The number of fused-ring (bicyclic) bond motifs is 1. The van der Waals surface area contributed by atoms with Crippen molar-refractivity contribution in [3.05, 3.63) is 60.6 Å². The van der Waals surface area contributed by atoms with Crippen LogP contribution in [0.4, 0.5) is 11.5 Å². The van der Waals surface area contributed by atoms with Crippen molar-refractivity contribution in [2.75, 3.05) is 11.9 Å². The van der Waals surface area contributed by atoms with E-state index in [2.05, 4.69) is 31.3 Å². The normalized spacial score (nSPS) is 11.0. The molecule has 4 rings (SSSR count). The number of aryl methyl sites for hydroxylation is 2. The number of pyridine rings is 1. The number of carbonyl (C=O) groups is 1. The smallest absolute Gasteiger partial charge is 0.251 e. The molecule has 0 atom stereocenters. The van der Waals surface area contributed by atoms with Crippen LogP contribution in [0.5, 0.6) is 0 Å². The molecule has 0 aliphatic carbocycles. The van der Waals surface area contributed by atoms with Gasteiger partial charge in [-0.25, -0.2) is 4.98 Å². The molecule has 0 aliphatic rings. The molecule has 1 aromatic carbocycles. The third-order valence-corrected chi connectivity index (χ3v) is 4.68. The lowest BCUT2D eigenvalue weighted by atomic mass is 10.2. The minimum Gasteiger partial charge on any atom is -0.352 e. The number of nitrogens with zero attached hydrogens (tertiary/aromatic N) is 4. The molecule has 28 heavy (non-hydrogen) atoms. The zero-order valence-electron chi connectivity index (χ0n) is 16.1. The highest BCUT2D eigenvalue weighted by atomic mass is 16.1. The van der Waals surface area contributed by atoms with Gasteiger partial charge in [-0.1, -0.05) is 0 Å². The minimum absolute atomic E-state index is 0.0691. The fourth-order valence-corrected chi connectivity index (χ4v) is 3.25. The number of hydrogen-bond acceptors (Lipinski definition) is 4. The standard InChI is InChI=1S/C21H22N6O/c1-4-22-21(28)14-5-7-17(8-6-14)25-20-10-19-15(11-23-20)9-18(27(19)3)16-12-24-26(2)13-16/h5-13H,4H2,1-3H3,(H,22,28)(H,23,25). The largest absolute Gasteiger partial charge is 0.352 e. The SMILES string of the molecule is CCNC(=O)c1ccc(Nc2cc3c(cn2)cc(-c2cnn(C)c2)n3C)cc1. The third-order valence-electron chi connectivity index (χ3n) is 4.68. The molecule has 3 aromatic heterocycles. The molecular formula is C21H22N6O. The molecule has 0 radical (unpaired) electrons. The van der Waals surface area contributed by atoms with Crippen LogP contribution in [0.25, 0.3) is 22.2 Å². The molecule has 0 spiro atoms. The molecule has 1 amide bonds. The van der Waals surface area contributed by atoms with Crippen molar-refractivity contribution >= 4 is 28.3 Å². The van der Waals surface area contributed by atoms with Gasteiger partial charge in [0.05, 0.1) is 17.4 Å². The second-order valence-electron chi connectivity index (χ2n) is 6.68. The fraction of sp³-hybridized carbons (Fsp3) is 0.190. The van der Waals surface area contributed by atoms with Gasteiger partial charge in [0.2, 0.25) is 0 Å². The molecular weight excluding hydrogens is 352 g/mol. The number of amides is 1. The van der Waals surface area contributed by atoms with E-state index in [0.717, 1.165) is 33.7 Å². The number of anilines is 2. The van der Waals surface area contributed by atoms with Gasteiger partial charge in [-0.2, -0.15) is 5.10 Å². The molecule has 7 heteroatoms. The maximum atomic E-state index is 11.9. The zero-order chi connectivity index (χ0) is 19.7. The van der Waals surface area contributed by atoms with Gasteiger partial charge in [0.15, 0.2) is 0 Å². The summed E-state index contributed by atoms with van der Waals surface area (Å²) in [7, 11) is 3.95. The number of hydrogen-bond donors (Lipinski definition) is 2. The number of nitrogens with one attached hydrogen (secondary N) is 2. The molecule has 0 unspecified atom stereocenters.